The molecule has 1 heterocycles. The highest BCUT2D eigenvalue weighted by atomic mass is 19.2. The average molecular weight is 303 g/mol. The van der Waals surface area contributed by atoms with Crippen LogP contribution in [0.5, 0.6) is 0 Å². The van der Waals surface area contributed by atoms with E-state index in [1.807, 2.05) is 0 Å². The van der Waals surface area contributed by atoms with Crippen LogP contribution in [0, 0.1) is 62.8 Å². The first-order valence-corrected chi connectivity index (χ1v) is 5.44. The van der Waals surface area contributed by atoms with Gasteiger partial charge in [-0.25, -0.2) is 13.2 Å². The molecule has 0 saturated carbocycles. The number of allylic oxidation sites excluding steroid dienone is 1. The van der Waals surface area contributed by atoms with Crippen LogP contribution in [0.1, 0.15) is 11.1 Å². The fourth-order valence-electron chi connectivity index (χ4n) is 2.06. The molecule has 1 unspecified atom stereocenters. The maximum atomic E-state index is 14.2. The molecule has 9 heteroatoms. The lowest BCUT2D eigenvalue weighted by Crippen LogP contribution is -2.34. The van der Waals surface area contributed by atoms with E-state index in [1.54, 1.807) is 0 Å². The second-order valence-electron chi connectivity index (χ2n) is 4.01. The van der Waals surface area contributed by atoms with Crippen molar-refractivity contribution in [1.82, 2.24) is 0 Å². The second kappa shape index (κ2) is 5.09. The van der Waals surface area contributed by atoms with Crippen molar-refractivity contribution in [1.29, 1.82) is 21.0 Å². The molecular weight excluding hydrogens is 302 g/mol. The number of nitrogens with zero attached hydrogens (tertiary/aromatic N) is 5. The quantitative estimate of drug-likeness (QED) is 0.416. The van der Waals surface area contributed by atoms with Gasteiger partial charge < -0.3 is 0 Å². The molecule has 1 aromatic carbocycles. The maximum absolute atomic E-state index is 14.2. The highest BCUT2D eigenvalue weighted by Crippen LogP contribution is 2.43. The van der Waals surface area contributed by atoms with Gasteiger partial charge in [0.05, 0.1) is 23.3 Å². The molecule has 1 aromatic rings. The van der Waals surface area contributed by atoms with Crippen LogP contribution in [-0.2, 0) is 0 Å². The van der Waals surface area contributed by atoms with Crippen molar-refractivity contribution in [2.75, 3.05) is 5.12 Å². The Morgan fingerprint density at radius 1 is 0.864 bits per heavy atom. The van der Waals surface area contributed by atoms with Crippen LogP contribution in [0.15, 0.2) is 5.57 Å². The van der Waals surface area contributed by atoms with Gasteiger partial charge >= 0.3 is 0 Å². The van der Waals surface area contributed by atoms with Crippen LogP contribution in [0.4, 0.5) is 23.3 Å². The summed E-state index contributed by atoms with van der Waals surface area (Å²) in [7, 11) is 0. The Morgan fingerprint density at radius 2 is 1.50 bits per heavy atom. The molecule has 1 aliphatic heterocycles. The molecule has 22 heavy (non-hydrogen) atoms. The molecule has 2 rings (SSSR count). The van der Waals surface area contributed by atoms with Gasteiger partial charge in [-0.3, -0.25) is 0 Å². The van der Waals surface area contributed by atoms with E-state index in [0.29, 0.717) is 0 Å². The van der Waals surface area contributed by atoms with E-state index in [4.69, 9.17) is 21.0 Å². The van der Waals surface area contributed by atoms with Crippen molar-refractivity contribution in [3.63, 3.8) is 0 Å². The van der Waals surface area contributed by atoms with Crippen LogP contribution in [0.3, 0.4) is 0 Å². The normalized spacial score (nSPS) is 16.2. The summed E-state index contributed by atoms with van der Waals surface area (Å²) in [5.74, 6) is -6.03. The van der Waals surface area contributed by atoms with E-state index in [1.165, 1.54) is 24.3 Å². The molecule has 1 aliphatic rings. The lowest BCUT2D eigenvalue weighted by molar-refractivity contribution is 0.392. The van der Waals surface area contributed by atoms with Gasteiger partial charge in [-0.05, 0) is 0 Å². The molecular formula is C13HF4N5. The monoisotopic (exact) mass is 303 g/mol. The Labute approximate surface area is 120 Å². The zero-order chi connectivity index (χ0) is 16.6. The number of anilines is 1. The fraction of sp³-hybridized carbons (Fsp3) is 0.0769. The Morgan fingerprint density at radius 3 is 1.95 bits per heavy atom. The third-order valence-electron chi connectivity index (χ3n) is 3.00. The number of fused-ring (bicyclic) bond motifs is 1. The molecule has 0 radical (unpaired) electrons. The van der Waals surface area contributed by atoms with Gasteiger partial charge in [0.15, 0.2) is 23.5 Å². The van der Waals surface area contributed by atoms with Crippen molar-refractivity contribution in [2.45, 2.75) is 6.04 Å². The summed E-state index contributed by atoms with van der Waals surface area (Å²) in [5.41, 5.74) is -4.78. The van der Waals surface area contributed by atoms with Gasteiger partial charge in [-0.15, -0.1) is 0 Å². The summed E-state index contributed by atoms with van der Waals surface area (Å²) < 4.78 is 55.1. The van der Waals surface area contributed by atoms with Crippen molar-refractivity contribution in [2.24, 2.45) is 0 Å². The third kappa shape index (κ3) is 1.67. The molecule has 0 aliphatic carbocycles. The molecule has 0 bridgehead atoms. The minimum Gasteiger partial charge on any atom is -0.202 e. The van der Waals surface area contributed by atoms with Gasteiger partial charge in [0.25, 0.3) is 0 Å². The molecule has 0 amide bonds. The molecule has 0 saturated heterocycles. The zero-order valence-electron chi connectivity index (χ0n) is 10.3. The number of nitriles is 4. The SMILES string of the molecule is N#CC1=C(C#N)C(C#N)N(F)c2c(F)c(F)c(F)c(C#N)c21. The van der Waals surface area contributed by atoms with E-state index in [-0.39, 0.29) is 0 Å². The summed E-state index contributed by atoms with van der Waals surface area (Å²) >= 11 is 0. The van der Waals surface area contributed by atoms with Crippen LogP contribution < -0.4 is 5.12 Å². The average Bonchev–Trinajstić information content (AvgIpc) is 2.52. The predicted molar refractivity (Wildman–Crippen MR) is 62.2 cm³/mol. The number of halogens is 4. The standard InChI is InChI=1S/C13HF4N5/c14-10-7(3-20)9-6(2-19)5(1-18)8(4-21)22(17)13(9)12(16)11(10)15/h8H. The Hall–Kier alpha value is -3.56. The highest BCUT2D eigenvalue weighted by molar-refractivity contribution is 5.94. The second-order valence-corrected chi connectivity index (χ2v) is 4.01. The van der Waals surface area contributed by atoms with Crippen LogP contribution >= 0.6 is 0 Å². The van der Waals surface area contributed by atoms with Crippen molar-refractivity contribution in [3.8, 4) is 24.3 Å². The van der Waals surface area contributed by atoms with Gasteiger partial charge in [0, 0.05) is 5.56 Å². The molecule has 0 fully saturated rings. The van der Waals surface area contributed by atoms with E-state index in [0.717, 1.165) is 0 Å². The van der Waals surface area contributed by atoms with Gasteiger partial charge in [0.2, 0.25) is 0 Å². The number of rotatable bonds is 0. The minimum absolute atomic E-state index is 0.604. The summed E-state index contributed by atoms with van der Waals surface area (Å²) in [4.78, 5) is 0. The largest absolute Gasteiger partial charge is 0.202 e. The first-order valence-electron chi connectivity index (χ1n) is 5.44. The van der Waals surface area contributed by atoms with E-state index in [2.05, 4.69) is 0 Å². The smallest absolute Gasteiger partial charge is 0.198 e. The molecule has 1 atom stereocenters. The Kier molecular flexibility index (Phi) is 3.43. The summed E-state index contributed by atoms with van der Waals surface area (Å²) in [6.07, 6.45) is 0. The number of hydrogen-bond donors (Lipinski definition) is 0. The summed E-state index contributed by atoms with van der Waals surface area (Å²) in [6, 6.07) is 3.29. The molecule has 0 N–H and O–H groups in total. The van der Waals surface area contributed by atoms with Crippen molar-refractivity contribution >= 4 is 11.3 Å². The van der Waals surface area contributed by atoms with Gasteiger partial charge in [0.1, 0.15) is 23.4 Å². The third-order valence-corrected chi connectivity index (χ3v) is 3.00. The summed E-state index contributed by atoms with van der Waals surface area (Å²) in [6.45, 7) is 0. The Balaban J connectivity index is 3.11. The number of benzene rings is 1. The van der Waals surface area contributed by atoms with Crippen molar-refractivity contribution < 1.29 is 17.7 Å². The lowest BCUT2D eigenvalue weighted by atomic mass is 9.88. The predicted octanol–water partition coefficient (Wildman–Crippen LogP) is 2.37. The topological polar surface area (TPSA) is 98.4 Å². The molecule has 5 nitrogen and oxygen atoms in total. The zero-order valence-corrected chi connectivity index (χ0v) is 10.3. The van der Waals surface area contributed by atoms with Crippen LogP contribution in [0.25, 0.3) is 5.57 Å². The van der Waals surface area contributed by atoms with E-state index < -0.39 is 56.6 Å². The van der Waals surface area contributed by atoms with Crippen LogP contribution in [0.2, 0.25) is 0 Å². The van der Waals surface area contributed by atoms with E-state index >= 15 is 0 Å². The minimum atomic E-state index is -2.12. The number of hydrogen-bond acceptors (Lipinski definition) is 5. The fourth-order valence-corrected chi connectivity index (χ4v) is 2.06. The molecule has 0 aromatic heterocycles. The summed E-state index contributed by atoms with van der Waals surface area (Å²) in [5, 5.41) is 35.1. The van der Waals surface area contributed by atoms with E-state index in [9.17, 15) is 17.7 Å². The first-order chi connectivity index (χ1) is 10.4. The maximum Gasteiger partial charge on any atom is 0.198 e. The lowest BCUT2D eigenvalue weighted by Gasteiger charge is -2.28. The van der Waals surface area contributed by atoms with Gasteiger partial charge in [-0.1, -0.05) is 4.48 Å². The van der Waals surface area contributed by atoms with Crippen LogP contribution in [-0.4, -0.2) is 6.04 Å². The van der Waals surface area contributed by atoms with Gasteiger partial charge in [-0.2, -0.15) is 26.2 Å². The van der Waals surface area contributed by atoms with Crippen molar-refractivity contribution in [3.05, 3.63) is 34.2 Å². The Bertz CT molecular complexity index is 892. The first kappa shape index (κ1) is 14.8. The molecule has 0 spiro atoms. The molecule has 106 valence electrons. The highest BCUT2D eigenvalue weighted by Gasteiger charge is 2.41.